The highest BCUT2D eigenvalue weighted by Gasteiger charge is 2.26. The summed E-state index contributed by atoms with van der Waals surface area (Å²) in [5, 5.41) is 9.46. The van der Waals surface area contributed by atoms with Crippen LogP contribution in [-0.4, -0.2) is 61.5 Å². The lowest BCUT2D eigenvalue weighted by Gasteiger charge is -2.20. The molecule has 0 spiro atoms. The summed E-state index contributed by atoms with van der Waals surface area (Å²) in [5.41, 5.74) is -0.595. The van der Waals surface area contributed by atoms with E-state index in [4.69, 9.17) is 14.2 Å². The van der Waals surface area contributed by atoms with E-state index < -0.39 is 29.4 Å². The fourth-order valence-corrected chi connectivity index (χ4v) is 1.45. The number of esters is 4. The largest absolute Gasteiger partial charge is 0.463 e. The number of ether oxygens (including phenoxy) is 4. The molecule has 0 aliphatic heterocycles. The summed E-state index contributed by atoms with van der Waals surface area (Å²) in [6, 6.07) is 0. The molecule has 0 aliphatic carbocycles. The van der Waals surface area contributed by atoms with E-state index in [1.165, 1.54) is 0 Å². The summed E-state index contributed by atoms with van der Waals surface area (Å²) in [5.74, 6) is -2.43. The van der Waals surface area contributed by atoms with Crippen molar-refractivity contribution < 1.29 is 43.2 Å². The highest BCUT2D eigenvalue weighted by Crippen LogP contribution is 2.21. The van der Waals surface area contributed by atoms with Gasteiger partial charge >= 0.3 is 23.9 Å². The van der Waals surface area contributed by atoms with Gasteiger partial charge < -0.3 is 24.1 Å². The van der Waals surface area contributed by atoms with Gasteiger partial charge in [-0.2, -0.15) is 0 Å². The maximum Gasteiger partial charge on any atom is 0.330 e. The summed E-state index contributed by atoms with van der Waals surface area (Å²) in [6.45, 7) is 7.70. The molecule has 0 rings (SSSR count). The minimum Gasteiger partial charge on any atom is -0.463 e. The first-order valence-electron chi connectivity index (χ1n) is 8.58. The van der Waals surface area contributed by atoms with Crippen molar-refractivity contribution in [2.75, 3.05) is 26.4 Å². The number of aliphatic hydroxyl groups excluding tert-OH is 1. The maximum absolute atomic E-state index is 11.7. The van der Waals surface area contributed by atoms with Crippen LogP contribution in [0.2, 0.25) is 0 Å². The molecule has 9 nitrogen and oxygen atoms in total. The van der Waals surface area contributed by atoms with Gasteiger partial charge in [0.15, 0.2) is 0 Å². The van der Waals surface area contributed by atoms with Crippen LogP contribution in [0.5, 0.6) is 0 Å². The van der Waals surface area contributed by atoms with Gasteiger partial charge in [-0.15, -0.1) is 0 Å². The smallest absolute Gasteiger partial charge is 0.330 e. The average Bonchev–Trinajstić information content (AvgIpc) is 2.65. The number of hydrogen-bond donors (Lipinski definition) is 1. The molecule has 1 N–H and O–H groups in total. The minimum atomic E-state index is -1.17. The first-order chi connectivity index (χ1) is 12.6. The van der Waals surface area contributed by atoms with Crippen molar-refractivity contribution in [3.8, 4) is 0 Å². The zero-order valence-corrected chi connectivity index (χ0v) is 16.0. The molecule has 0 radical (unpaired) electrons. The van der Waals surface area contributed by atoms with Crippen molar-refractivity contribution in [2.24, 2.45) is 5.41 Å². The number of carbonyl (C=O) groups excluding carboxylic acids is 4. The van der Waals surface area contributed by atoms with Crippen molar-refractivity contribution >= 4 is 23.9 Å². The lowest BCUT2D eigenvalue weighted by molar-refractivity contribution is -0.159. The molecule has 0 aromatic heterocycles. The summed E-state index contributed by atoms with van der Waals surface area (Å²) in [7, 11) is 0. The molecule has 27 heavy (non-hydrogen) atoms. The van der Waals surface area contributed by atoms with Crippen molar-refractivity contribution in [1.29, 1.82) is 0 Å². The Kier molecular flexibility index (Phi) is 11.7. The number of hydrogen-bond acceptors (Lipinski definition) is 9. The van der Waals surface area contributed by atoms with Crippen LogP contribution in [0.3, 0.4) is 0 Å². The Morgan fingerprint density at radius 1 is 0.963 bits per heavy atom. The zero-order chi connectivity index (χ0) is 20.9. The van der Waals surface area contributed by atoms with Gasteiger partial charge in [0.2, 0.25) is 0 Å². The highest BCUT2D eigenvalue weighted by molar-refractivity contribution is 5.81. The van der Waals surface area contributed by atoms with E-state index >= 15 is 0 Å². The molecule has 0 saturated carbocycles. The van der Waals surface area contributed by atoms with Gasteiger partial charge in [0.05, 0.1) is 18.3 Å². The Morgan fingerprint density at radius 2 is 1.48 bits per heavy atom. The van der Waals surface area contributed by atoms with Crippen molar-refractivity contribution in [1.82, 2.24) is 0 Å². The van der Waals surface area contributed by atoms with Gasteiger partial charge in [0.25, 0.3) is 0 Å². The monoisotopic (exact) mass is 388 g/mol. The van der Waals surface area contributed by atoms with E-state index in [0.717, 1.165) is 6.08 Å². The van der Waals surface area contributed by atoms with E-state index in [9.17, 15) is 24.3 Å². The van der Waals surface area contributed by atoms with Crippen LogP contribution in [0.25, 0.3) is 0 Å². The molecule has 0 aromatic carbocycles. The predicted octanol–water partition coefficient (Wildman–Crippen LogP) is 0.922. The SMILES string of the molecule is C=CC(=O)OCC(O)COC(=O)CCC(=O)OCCOC(=O)C(C)(C)CC. The van der Waals surface area contributed by atoms with E-state index in [1.54, 1.807) is 13.8 Å². The quantitative estimate of drug-likeness (QED) is 0.212. The van der Waals surface area contributed by atoms with Gasteiger partial charge in [-0.3, -0.25) is 14.4 Å². The van der Waals surface area contributed by atoms with E-state index in [0.29, 0.717) is 6.42 Å². The molecule has 0 heterocycles. The Hall–Kier alpha value is -2.42. The van der Waals surface area contributed by atoms with E-state index in [-0.39, 0.29) is 45.2 Å². The summed E-state index contributed by atoms with van der Waals surface area (Å²) in [6.07, 6.45) is -0.0586. The van der Waals surface area contributed by atoms with Crippen LogP contribution in [0.1, 0.15) is 40.0 Å². The average molecular weight is 388 g/mol. The Morgan fingerprint density at radius 3 is 2.04 bits per heavy atom. The number of rotatable bonds is 13. The van der Waals surface area contributed by atoms with Crippen LogP contribution < -0.4 is 0 Å². The third-order valence-corrected chi connectivity index (χ3v) is 3.57. The van der Waals surface area contributed by atoms with Crippen LogP contribution in [0.4, 0.5) is 0 Å². The third kappa shape index (κ3) is 11.7. The molecular weight excluding hydrogens is 360 g/mol. The Labute approximate surface area is 158 Å². The lowest BCUT2D eigenvalue weighted by Crippen LogP contribution is -2.27. The Balaban J connectivity index is 3.83. The van der Waals surface area contributed by atoms with Crippen molar-refractivity contribution in [3.05, 3.63) is 12.7 Å². The molecule has 1 unspecified atom stereocenters. The van der Waals surface area contributed by atoms with Gasteiger partial charge in [-0.25, -0.2) is 4.79 Å². The predicted molar refractivity (Wildman–Crippen MR) is 93.3 cm³/mol. The number of carbonyl (C=O) groups is 4. The van der Waals surface area contributed by atoms with E-state index in [2.05, 4.69) is 11.3 Å². The summed E-state index contributed by atoms with van der Waals surface area (Å²) >= 11 is 0. The summed E-state index contributed by atoms with van der Waals surface area (Å²) < 4.78 is 19.2. The lowest BCUT2D eigenvalue weighted by atomic mass is 9.91. The molecular formula is C18H28O9. The topological polar surface area (TPSA) is 125 Å². The second-order valence-corrected chi connectivity index (χ2v) is 6.26. The fraction of sp³-hybridized carbons (Fsp3) is 0.667. The van der Waals surface area contributed by atoms with Crippen molar-refractivity contribution in [2.45, 2.75) is 46.1 Å². The molecule has 154 valence electrons. The highest BCUT2D eigenvalue weighted by atomic mass is 16.6. The standard InChI is InChI=1S/C18H28O9/c1-5-14(20)26-11-13(19)12-27-16(22)8-7-15(21)24-9-10-25-17(23)18(3,4)6-2/h5,13,19H,1,6-12H2,2-4H3. The molecule has 1 atom stereocenters. The maximum atomic E-state index is 11.7. The molecule has 0 aromatic rings. The van der Waals surface area contributed by atoms with E-state index in [1.807, 2.05) is 6.92 Å². The van der Waals surface area contributed by atoms with Gasteiger partial charge in [0.1, 0.15) is 32.5 Å². The molecule has 0 fully saturated rings. The van der Waals surface area contributed by atoms with Gasteiger partial charge in [-0.1, -0.05) is 13.5 Å². The van der Waals surface area contributed by atoms with Crippen molar-refractivity contribution in [3.63, 3.8) is 0 Å². The third-order valence-electron chi connectivity index (χ3n) is 3.57. The molecule has 0 aliphatic rings. The van der Waals surface area contributed by atoms with Crippen LogP contribution in [0, 0.1) is 5.41 Å². The fourth-order valence-electron chi connectivity index (χ4n) is 1.45. The Bertz CT molecular complexity index is 525. The van der Waals surface area contributed by atoms with Gasteiger partial charge in [-0.05, 0) is 20.3 Å². The molecule has 0 amide bonds. The normalized spacial score (nSPS) is 11.9. The number of aliphatic hydroxyl groups is 1. The second kappa shape index (κ2) is 12.9. The molecule has 0 bridgehead atoms. The van der Waals surface area contributed by atoms with Gasteiger partial charge in [0, 0.05) is 6.08 Å². The molecule has 9 heteroatoms. The minimum absolute atomic E-state index is 0.0614. The zero-order valence-electron chi connectivity index (χ0n) is 16.0. The van der Waals surface area contributed by atoms with Crippen LogP contribution in [-0.2, 0) is 38.1 Å². The molecule has 0 saturated heterocycles. The van der Waals surface area contributed by atoms with Crippen LogP contribution >= 0.6 is 0 Å². The first-order valence-corrected chi connectivity index (χ1v) is 8.58. The first kappa shape index (κ1) is 24.6. The second-order valence-electron chi connectivity index (χ2n) is 6.26. The summed E-state index contributed by atoms with van der Waals surface area (Å²) in [4.78, 5) is 45.5. The van der Waals surface area contributed by atoms with Crippen LogP contribution in [0.15, 0.2) is 12.7 Å².